The first-order valence-corrected chi connectivity index (χ1v) is 8.17. The molecule has 0 saturated carbocycles. The van der Waals surface area contributed by atoms with Gasteiger partial charge in [0.1, 0.15) is 5.82 Å². The smallest absolute Gasteiger partial charge is 0.136 e. The Labute approximate surface area is 129 Å². The highest BCUT2D eigenvalue weighted by Crippen LogP contribution is 2.30. The summed E-state index contributed by atoms with van der Waals surface area (Å²) in [5.41, 5.74) is 0. The van der Waals surface area contributed by atoms with Gasteiger partial charge in [0.25, 0.3) is 0 Å². The molecular weight excluding hydrogens is 372 g/mol. The molecule has 1 aromatic heterocycles. The summed E-state index contributed by atoms with van der Waals surface area (Å²) in [6.07, 6.45) is 2.11. The third-order valence-corrected chi connectivity index (χ3v) is 4.76. The molecule has 3 rings (SSSR count). The summed E-state index contributed by atoms with van der Waals surface area (Å²) in [5.74, 6) is 1.05. The molecule has 0 aliphatic carbocycles. The van der Waals surface area contributed by atoms with Gasteiger partial charge in [0.05, 0.1) is 12.7 Å². The molecule has 1 aromatic carbocycles. The van der Waals surface area contributed by atoms with Gasteiger partial charge < -0.3 is 9.64 Å². The third-order valence-electron chi connectivity index (χ3n) is 3.34. The quantitative estimate of drug-likeness (QED) is 0.738. The molecule has 0 amide bonds. The highest BCUT2D eigenvalue weighted by molar-refractivity contribution is 9.10. The molecule has 1 atom stereocenters. The van der Waals surface area contributed by atoms with Crippen molar-refractivity contribution in [1.82, 2.24) is 4.98 Å². The number of aromatic nitrogens is 1. The lowest BCUT2D eigenvalue weighted by molar-refractivity contribution is 0.0569. The summed E-state index contributed by atoms with van der Waals surface area (Å²) in [5, 5.41) is 3.25. The van der Waals surface area contributed by atoms with Crippen LogP contribution in [0.5, 0.6) is 0 Å². The average Bonchev–Trinajstić information content (AvgIpc) is 2.47. The topological polar surface area (TPSA) is 25.4 Å². The summed E-state index contributed by atoms with van der Waals surface area (Å²) in [6.45, 7) is 2.52. The fourth-order valence-corrected chi connectivity index (χ4v) is 3.30. The average molecular weight is 386 g/mol. The standard InChI is InChI=1S/C14H14Br2N2O/c15-8-10-9-18(6-7-19-10)14-12-2-1-3-13(16)11(12)4-5-17-14/h1-5,10H,6-9H2. The third kappa shape index (κ3) is 2.64. The molecule has 1 aliphatic rings. The van der Waals surface area contributed by atoms with Crippen molar-refractivity contribution in [3.8, 4) is 0 Å². The van der Waals surface area contributed by atoms with Crippen molar-refractivity contribution in [3.05, 3.63) is 34.9 Å². The number of nitrogens with zero attached hydrogens (tertiary/aromatic N) is 2. The summed E-state index contributed by atoms with van der Waals surface area (Å²) >= 11 is 7.09. The maximum Gasteiger partial charge on any atom is 0.136 e. The van der Waals surface area contributed by atoms with Gasteiger partial charge in [-0.25, -0.2) is 4.98 Å². The molecule has 0 radical (unpaired) electrons. The van der Waals surface area contributed by atoms with Gasteiger partial charge >= 0.3 is 0 Å². The lowest BCUT2D eigenvalue weighted by Gasteiger charge is -2.33. The molecule has 1 unspecified atom stereocenters. The number of pyridine rings is 1. The van der Waals surface area contributed by atoms with Gasteiger partial charge in [-0.3, -0.25) is 0 Å². The van der Waals surface area contributed by atoms with Crippen molar-refractivity contribution < 1.29 is 4.74 Å². The van der Waals surface area contributed by atoms with Crippen molar-refractivity contribution in [2.75, 3.05) is 29.9 Å². The van der Waals surface area contributed by atoms with E-state index in [0.29, 0.717) is 0 Å². The first-order valence-electron chi connectivity index (χ1n) is 6.25. The summed E-state index contributed by atoms with van der Waals surface area (Å²) in [7, 11) is 0. The van der Waals surface area contributed by atoms with Crippen LogP contribution in [0.15, 0.2) is 34.9 Å². The van der Waals surface area contributed by atoms with Crippen LogP contribution in [-0.2, 0) is 4.74 Å². The molecule has 100 valence electrons. The lowest BCUT2D eigenvalue weighted by Crippen LogP contribution is -2.43. The van der Waals surface area contributed by atoms with E-state index >= 15 is 0 Å². The predicted octanol–water partition coefficient (Wildman–Crippen LogP) is 3.60. The lowest BCUT2D eigenvalue weighted by atomic mass is 10.1. The van der Waals surface area contributed by atoms with E-state index in [0.717, 1.165) is 35.3 Å². The minimum atomic E-state index is 0.234. The minimum Gasteiger partial charge on any atom is -0.374 e. The summed E-state index contributed by atoms with van der Waals surface area (Å²) < 4.78 is 6.80. The molecule has 5 heteroatoms. The fraction of sp³-hybridized carbons (Fsp3) is 0.357. The van der Waals surface area contributed by atoms with E-state index in [4.69, 9.17) is 4.74 Å². The number of benzene rings is 1. The zero-order chi connectivity index (χ0) is 13.2. The van der Waals surface area contributed by atoms with Crippen molar-refractivity contribution in [1.29, 1.82) is 0 Å². The SMILES string of the molecule is BrCC1CN(c2nccc3c(Br)cccc23)CCO1. The number of morpholine rings is 1. The van der Waals surface area contributed by atoms with Crippen molar-refractivity contribution in [3.63, 3.8) is 0 Å². The Morgan fingerprint density at radius 2 is 2.21 bits per heavy atom. The maximum atomic E-state index is 5.69. The van der Waals surface area contributed by atoms with E-state index in [1.807, 2.05) is 12.3 Å². The number of rotatable bonds is 2. The number of fused-ring (bicyclic) bond motifs is 1. The monoisotopic (exact) mass is 384 g/mol. The maximum absolute atomic E-state index is 5.69. The fourth-order valence-electron chi connectivity index (χ4n) is 2.41. The largest absolute Gasteiger partial charge is 0.374 e. The van der Waals surface area contributed by atoms with Crippen LogP contribution < -0.4 is 4.90 Å². The molecule has 0 N–H and O–H groups in total. The highest BCUT2D eigenvalue weighted by Gasteiger charge is 2.22. The number of alkyl halides is 1. The molecule has 1 aliphatic heterocycles. The van der Waals surface area contributed by atoms with Crippen molar-refractivity contribution >= 4 is 48.5 Å². The van der Waals surface area contributed by atoms with Gasteiger partial charge in [0, 0.05) is 39.9 Å². The molecule has 19 heavy (non-hydrogen) atoms. The van der Waals surface area contributed by atoms with Crippen LogP contribution in [0.2, 0.25) is 0 Å². The van der Waals surface area contributed by atoms with Gasteiger partial charge in [0.2, 0.25) is 0 Å². The normalized spacial score (nSPS) is 19.9. The Morgan fingerprint density at radius 1 is 1.32 bits per heavy atom. The number of anilines is 1. The van der Waals surface area contributed by atoms with Crippen molar-refractivity contribution in [2.24, 2.45) is 0 Å². The van der Waals surface area contributed by atoms with E-state index in [1.54, 1.807) is 0 Å². The Bertz CT molecular complexity index is 591. The zero-order valence-electron chi connectivity index (χ0n) is 10.4. The molecule has 1 saturated heterocycles. The Kier molecular flexibility index (Phi) is 4.05. The molecule has 0 spiro atoms. The number of hydrogen-bond acceptors (Lipinski definition) is 3. The van der Waals surface area contributed by atoms with E-state index in [2.05, 4.69) is 59.9 Å². The van der Waals surface area contributed by atoms with E-state index < -0.39 is 0 Å². The Hall–Kier alpha value is -0.650. The first kappa shape index (κ1) is 13.3. The van der Waals surface area contributed by atoms with Crippen LogP contribution in [0.25, 0.3) is 10.8 Å². The number of halogens is 2. The molecule has 2 aromatic rings. The van der Waals surface area contributed by atoms with Crippen LogP contribution in [0.4, 0.5) is 5.82 Å². The van der Waals surface area contributed by atoms with E-state index in [1.165, 1.54) is 10.8 Å². The van der Waals surface area contributed by atoms with Gasteiger partial charge in [-0.2, -0.15) is 0 Å². The Morgan fingerprint density at radius 3 is 3.05 bits per heavy atom. The van der Waals surface area contributed by atoms with E-state index in [9.17, 15) is 0 Å². The second-order valence-electron chi connectivity index (χ2n) is 4.56. The molecular formula is C14H14Br2N2O. The highest BCUT2D eigenvalue weighted by atomic mass is 79.9. The molecule has 1 fully saturated rings. The van der Waals surface area contributed by atoms with E-state index in [-0.39, 0.29) is 6.10 Å². The van der Waals surface area contributed by atoms with Crippen LogP contribution in [0.3, 0.4) is 0 Å². The van der Waals surface area contributed by atoms with Gasteiger partial charge in [0.15, 0.2) is 0 Å². The van der Waals surface area contributed by atoms with Gasteiger partial charge in [-0.05, 0) is 12.1 Å². The van der Waals surface area contributed by atoms with Crippen LogP contribution in [0, 0.1) is 0 Å². The molecule has 2 heterocycles. The van der Waals surface area contributed by atoms with Crippen LogP contribution >= 0.6 is 31.9 Å². The number of hydrogen-bond donors (Lipinski definition) is 0. The molecule has 0 bridgehead atoms. The van der Waals surface area contributed by atoms with Gasteiger partial charge in [-0.1, -0.05) is 44.0 Å². The van der Waals surface area contributed by atoms with Crippen LogP contribution in [-0.4, -0.2) is 36.1 Å². The van der Waals surface area contributed by atoms with Crippen LogP contribution in [0.1, 0.15) is 0 Å². The second kappa shape index (κ2) is 5.77. The van der Waals surface area contributed by atoms with Crippen molar-refractivity contribution in [2.45, 2.75) is 6.10 Å². The predicted molar refractivity (Wildman–Crippen MR) is 85.2 cm³/mol. The van der Waals surface area contributed by atoms with Gasteiger partial charge in [-0.15, -0.1) is 0 Å². The second-order valence-corrected chi connectivity index (χ2v) is 6.06. The minimum absolute atomic E-state index is 0.234. The number of ether oxygens (including phenoxy) is 1. The first-order chi connectivity index (χ1) is 9.29. The Balaban J connectivity index is 2.03. The molecule has 3 nitrogen and oxygen atoms in total. The summed E-state index contributed by atoms with van der Waals surface area (Å²) in [6, 6.07) is 8.29. The zero-order valence-corrected chi connectivity index (χ0v) is 13.5. The summed E-state index contributed by atoms with van der Waals surface area (Å²) in [4.78, 5) is 6.88.